The molecule has 12 nitrogen and oxygen atoms in total. The second-order valence-corrected chi connectivity index (χ2v) is 13.4. The summed E-state index contributed by atoms with van der Waals surface area (Å²) >= 11 is 0. The molecule has 2 unspecified atom stereocenters. The quantitative estimate of drug-likeness (QED) is 0.325. The number of nitrogens with one attached hydrogen (secondary N) is 1. The van der Waals surface area contributed by atoms with Crippen LogP contribution in [0, 0.1) is 11.3 Å². The number of aromatic nitrogens is 2. The van der Waals surface area contributed by atoms with Gasteiger partial charge in [0.15, 0.2) is 0 Å². The molecule has 1 N–H and O–H groups in total. The third-order valence-corrected chi connectivity index (χ3v) is 9.09. The number of hydrogen-bond acceptors (Lipinski definition) is 8. The van der Waals surface area contributed by atoms with E-state index in [0.29, 0.717) is 21.7 Å². The standard InChI is InChI=1S/C32H33N5O7S/c1-32(2,3)44-30(39)34-23-16-17-35(20-23)29(38)28(22-8-6-5-7-9-22)36-27-18-21(19-33)10-15-26(27)37(31(36)40)45(41,42)25-13-11-24(43-4)12-14-25/h5-15,18,23,28H,16-17,20H2,1-4H3,(H,34,39). The first-order valence-corrected chi connectivity index (χ1v) is 15.7. The van der Waals surface area contributed by atoms with Crippen molar-refractivity contribution in [3.8, 4) is 11.8 Å². The van der Waals surface area contributed by atoms with Crippen LogP contribution in [0.5, 0.6) is 5.75 Å². The Morgan fingerprint density at radius 3 is 2.33 bits per heavy atom. The molecule has 2 amide bonds. The Bertz CT molecular complexity index is 1950. The third-order valence-electron chi connectivity index (χ3n) is 7.39. The number of hydrogen-bond donors (Lipinski definition) is 1. The normalized spacial score (nSPS) is 15.8. The minimum Gasteiger partial charge on any atom is -0.497 e. The fourth-order valence-electron chi connectivity index (χ4n) is 5.36. The van der Waals surface area contributed by atoms with Crippen molar-refractivity contribution in [2.45, 2.75) is 49.8 Å². The minimum absolute atomic E-state index is 0.00874. The molecule has 2 atom stereocenters. The van der Waals surface area contributed by atoms with Gasteiger partial charge in [0.05, 0.1) is 40.7 Å². The van der Waals surface area contributed by atoms with E-state index in [1.807, 2.05) is 6.07 Å². The number of methoxy groups -OCH3 is 1. The highest BCUT2D eigenvalue weighted by Gasteiger charge is 2.37. The molecule has 4 aromatic rings. The van der Waals surface area contributed by atoms with E-state index in [2.05, 4.69) is 5.32 Å². The van der Waals surface area contributed by atoms with Gasteiger partial charge in [0, 0.05) is 13.1 Å². The molecular weight excluding hydrogens is 598 g/mol. The highest BCUT2D eigenvalue weighted by Crippen LogP contribution is 2.29. The SMILES string of the molecule is COc1ccc(S(=O)(=O)n2c(=O)n(C(C(=O)N3CCC(NC(=O)OC(C)(C)C)C3)c3ccccc3)c3cc(C#N)ccc32)cc1. The summed E-state index contributed by atoms with van der Waals surface area (Å²) in [4.78, 5) is 42.4. The topological polar surface area (TPSA) is 153 Å². The predicted molar refractivity (Wildman–Crippen MR) is 165 cm³/mol. The molecule has 0 spiro atoms. The lowest BCUT2D eigenvalue weighted by Crippen LogP contribution is -2.44. The van der Waals surface area contributed by atoms with E-state index >= 15 is 0 Å². The van der Waals surface area contributed by atoms with Gasteiger partial charge in [-0.15, -0.1) is 0 Å². The number of fused-ring (bicyclic) bond motifs is 1. The molecule has 45 heavy (non-hydrogen) atoms. The summed E-state index contributed by atoms with van der Waals surface area (Å²) in [6.45, 7) is 5.69. The van der Waals surface area contributed by atoms with Gasteiger partial charge in [-0.25, -0.2) is 18.0 Å². The van der Waals surface area contributed by atoms with Gasteiger partial charge in [-0.2, -0.15) is 9.23 Å². The second-order valence-electron chi connectivity index (χ2n) is 11.6. The predicted octanol–water partition coefficient (Wildman–Crippen LogP) is 3.64. The van der Waals surface area contributed by atoms with Crippen LogP contribution in [0.4, 0.5) is 4.79 Å². The number of nitriles is 1. The Kier molecular flexibility index (Phi) is 8.44. The number of carbonyl (C=O) groups excluding carboxylic acids is 2. The summed E-state index contributed by atoms with van der Waals surface area (Å²) < 4.78 is 40.2. The van der Waals surface area contributed by atoms with Crippen molar-refractivity contribution >= 4 is 33.1 Å². The molecule has 1 fully saturated rings. The van der Waals surface area contributed by atoms with Crippen molar-refractivity contribution in [1.82, 2.24) is 18.8 Å². The van der Waals surface area contributed by atoms with Crippen molar-refractivity contribution in [2.75, 3.05) is 20.2 Å². The lowest BCUT2D eigenvalue weighted by atomic mass is 10.0. The van der Waals surface area contributed by atoms with Gasteiger partial charge >= 0.3 is 11.8 Å². The number of nitrogens with zero attached hydrogens (tertiary/aromatic N) is 4. The van der Waals surface area contributed by atoms with Gasteiger partial charge in [-0.05, 0) is 75.2 Å². The van der Waals surface area contributed by atoms with Gasteiger partial charge in [0.25, 0.3) is 15.9 Å². The van der Waals surface area contributed by atoms with E-state index < -0.39 is 39.4 Å². The van der Waals surface area contributed by atoms with E-state index in [4.69, 9.17) is 9.47 Å². The summed E-state index contributed by atoms with van der Waals surface area (Å²) in [5, 5.41) is 12.5. The van der Waals surface area contributed by atoms with Crippen molar-refractivity contribution in [1.29, 1.82) is 5.26 Å². The molecule has 5 rings (SSSR count). The molecule has 234 valence electrons. The molecule has 0 radical (unpaired) electrons. The summed E-state index contributed by atoms with van der Waals surface area (Å²) in [6, 6.07) is 18.7. The summed E-state index contributed by atoms with van der Waals surface area (Å²) in [5.74, 6) is -0.0396. The smallest absolute Gasteiger partial charge is 0.407 e. The van der Waals surface area contributed by atoms with Crippen molar-refractivity contribution in [2.24, 2.45) is 0 Å². The highest BCUT2D eigenvalue weighted by atomic mass is 32.2. The Hall–Kier alpha value is -5.09. The summed E-state index contributed by atoms with van der Waals surface area (Å²) in [7, 11) is -3.01. The monoisotopic (exact) mass is 631 g/mol. The molecule has 0 bridgehead atoms. The Labute approximate surface area is 260 Å². The number of ether oxygens (including phenoxy) is 2. The van der Waals surface area contributed by atoms with E-state index in [1.54, 1.807) is 51.1 Å². The Morgan fingerprint density at radius 2 is 1.71 bits per heavy atom. The van der Waals surface area contributed by atoms with Crippen LogP contribution in [0.15, 0.2) is 82.5 Å². The fraction of sp³-hybridized carbons (Fsp3) is 0.312. The van der Waals surface area contributed by atoms with Gasteiger partial charge in [-0.3, -0.25) is 9.36 Å². The largest absolute Gasteiger partial charge is 0.497 e. The highest BCUT2D eigenvalue weighted by molar-refractivity contribution is 7.90. The molecule has 1 aromatic heterocycles. The van der Waals surface area contributed by atoms with Crippen LogP contribution in [0.1, 0.15) is 44.4 Å². The first-order chi connectivity index (χ1) is 21.3. The zero-order valence-electron chi connectivity index (χ0n) is 25.3. The minimum atomic E-state index is -4.46. The maximum absolute atomic E-state index is 14.3. The third kappa shape index (κ3) is 6.28. The van der Waals surface area contributed by atoms with Crippen LogP contribution in [0.3, 0.4) is 0 Å². The van der Waals surface area contributed by atoms with Gasteiger partial charge < -0.3 is 19.7 Å². The average molecular weight is 632 g/mol. The molecule has 0 saturated carbocycles. The lowest BCUT2D eigenvalue weighted by molar-refractivity contribution is -0.132. The van der Waals surface area contributed by atoms with Crippen LogP contribution < -0.4 is 15.7 Å². The van der Waals surface area contributed by atoms with E-state index in [1.165, 1.54) is 54.5 Å². The Balaban J connectivity index is 1.63. The van der Waals surface area contributed by atoms with Crippen LogP contribution in [0.25, 0.3) is 11.0 Å². The summed E-state index contributed by atoms with van der Waals surface area (Å²) in [6.07, 6.45) is -0.151. The molecule has 3 aromatic carbocycles. The lowest BCUT2D eigenvalue weighted by Gasteiger charge is -2.25. The van der Waals surface area contributed by atoms with Crippen molar-refractivity contribution in [3.05, 3.63) is 94.4 Å². The number of amides is 2. The fourth-order valence-corrected chi connectivity index (χ4v) is 6.76. The second kappa shape index (κ2) is 12.1. The molecule has 2 heterocycles. The van der Waals surface area contributed by atoms with E-state index in [-0.39, 0.29) is 40.6 Å². The molecule has 1 aliphatic heterocycles. The maximum atomic E-state index is 14.3. The zero-order valence-corrected chi connectivity index (χ0v) is 26.1. The van der Waals surface area contributed by atoms with Crippen molar-refractivity contribution in [3.63, 3.8) is 0 Å². The molecule has 0 aliphatic carbocycles. The first kappa shape index (κ1) is 31.3. The summed E-state index contributed by atoms with van der Waals surface area (Å²) in [5.41, 5.74) is -0.940. The van der Waals surface area contributed by atoms with Gasteiger partial charge in [0.2, 0.25) is 0 Å². The van der Waals surface area contributed by atoms with E-state index in [0.717, 1.165) is 4.57 Å². The number of alkyl carbamates (subject to hydrolysis) is 1. The van der Waals surface area contributed by atoms with Crippen LogP contribution >= 0.6 is 0 Å². The van der Waals surface area contributed by atoms with Crippen LogP contribution in [0.2, 0.25) is 0 Å². The van der Waals surface area contributed by atoms with Crippen LogP contribution in [-0.4, -0.2) is 65.7 Å². The zero-order chi connectivity index (χ0) is 32.5. The van der Waals surface area contributed by atoms with Gasteiger partial charge in [-0.1, -0.05) is 30.3 Å². The average Bonchev–Trinajstić information content (AvgIpc) is 3.58. The number of imidazole rings is 1. The van der Waals surface area contributed by atoms with Gasteiger partial charge in [0.1, 0.15) is 17.4 Å². The number of rotatable bonds is 7. The maximum Gasteiger partial charge on any atom is 0.407 e. The molecular formula is C32H33N5O7S. The Morgan fingerprint density at radius 1 is 1.02 bits per heavy atom. The number of benzene rings is 3. The molecule has 13 heteroatoms. The molecule has 1 saturated heterocycles. The first-order valence-electron chi connectivity index (χ1n) is 14.2. The van der Waals surface area contributed by atoms with E-state index in [9.17, 15) is 28.1 Å². The van der Waals surface area contributed by atoms with Crippen LogP contribution in [-0.2, 0) is 19.6 Å². The number of carbonyl (C=O) groups is 2. The number of likely N-dealkylation sites (tertiary alicyclic amines) is 1. The van der Waals surface area contributed by atoms with Crippen molar-refractivity contribution < 1.29 is 27.5 Å². The molecule has 1 aliphatic rings.